The van der Waals surface area contributed by atoms with Crippen LogP contribution in [-0.2, 0) is 6.42 Å². The van der Waals surface area contributed by atoms with Crippen molar-refractivity contribution in [1.29, 1.82) is 0 Å². The average molecular weight is 331 g/mol. The predicted molar refractivity (Wildman–Crippen MR) is 78.9 cm³/mol. The lowest BCUT2D eigenvalue weighted by Crippen LogP contribution is -1.92. The van der Waals surface area contributed by atoms with Crippen LogP contribution in [0.25, 0.3) is 11.5 Å². The van der Waals surface area contributed by atoms with Crippen molar-refractivity contribution >= 4 is 21.6 Å². The van der Waals surface area contributed by atoms with Crippen LogP contribution in [0.15, 0.2) is 51.6 Å². The first kappa shape index (κ1) is 12.8. The fourth-order valence-corrected chi connectivity index (χ4v) is 2.28. The van der Waals surface area contributed by atoms with Crippen molar-refractivity contribution in [2.45, 2.75) is 6.42 Å². The van der Waals surface area contributed by atoms with Gasteiger partial charge in [-0.05, 0) is 45.8 Å². The molecule has 2 aromatic heterocycles. The number of nitrogens with two attached hydrogens (primary N) is 1. The molecule has 0 aliphatic carbocycles. The summed E-state index contributed by atoms with van der Waals surface area (Å²) in [7, 11) is 0. The van der Waals surface area contributed by atoms with Crippen LogP contribution in [-0.4, -0.2) is 15.1 Å². The molecule has 0 unspecified atom stereocenters. The molecule has 3 rings (SSSR count). The van der Waals surface area contributed by atoms with Crippen molar-refractivity contribution in [3.05, 3.63) is 58.5 Å². The Bertz CT molecular complexity index is 741. The lowest BCUT2D eigenvalue weighted by Gasteiger charge is -1.98. The third-order valence-electron chi connectivity index (χ3n) is 2.74. The highest BCUT2D eigenvalue weighted by Crippen LogP contribution is 2.23. The highest BCUT2D eigenvalue weighted by molar-refractivity contribution is 9.10. The Hall–Kier alpha value is -2.21. The minimum atomic E-state index is 0.469. The Kier molecular flexibility index (Phi) is 3.47. The number of hydrogen-bond acceptors (Lipinski definition) is 5. The second kappa shape index (κ2) is 5.42. The number of nitrogens with zero attached hydrogens (tertiary/aromatic N) is 3. The molecule has 0 bridgehead atoms. The topological polar surface area (TPSA) is 77.8 Å². The fraction of sp³-hybridized carbons (Fsp3) is 0.0714. The number of anilines is 1. The number of pyridine rings is 1. The summed E-state index contributed by atoms with van der Waals surface area (Å²) in [5.41, 5.74) is 8.15. The number of benzene rings is 1. The molecule has 3 aromatic rings. The van der Waals surface area contributed by atoms with Crippen LogP contribution >= 0.6 is 15.9 Å². The minimum Gasteiger partial charge on any atom is -0.399 e. The number of nitrogen functional groups attached to an aromatic ring is 1. The van der Waals surface area contributed by atoms with Crippen LogP contribution in [0.2, 0.25) is 0 Å². The standard InChI is InChI=1S/C14H11BrN4O/c15-11-5-2-6-17-13(11)14-18-12(20-19-14)8-9-3-1-4-10(16)7-9/h1-7H,8,16H2. The summed E-state index contributed by atoms with van der Waals surface area (Å²) in [6.45, 7) is 0. The molecule has 100 valence electrons. The van der Waals surface area contributed by atoms with Gasteiger partial charge in [-0.2, -0.15) is 4.98 Å². The Labute approximate surface area is 124 Å². The van der Waals surface area contributed by atoms with Crippen LogP contribution in [0.5, 0.6) is 0 Å². The average Bonchev–Trinajstić information content (AvgIpc) is 2.87. The maximum absolute atomic E-state index is 5.75. The molecule has 0 atom stereocenters. The van der Waals surface area contributed by atoms with E-state index in [0.717, 1.165) is 15.7 Å². The number of rotatable bonds is 3. The molecule has 5 nitrogen and oxygen atoms in total. The lowest BCUT2D eigenvalue weighted by molar-refractivity contribution is 0.385. The second-order valence-electron chi connectivity index (χ2n) is 4.27. The molecular formula is C14H11BrN4O. The van der Waals surface area contributed by atoms with E-state index in [0.29, 0.717) is 23.8 Å². The second-order valence-corrected chi connectivity index (χ2v) is 5.12. The molecule has 2 N–H and O–H groups in total. The van der Waals surface area contributed by atoms with Gasteiger partial charge in [0.2, 0.25) is 11.7 Å². The SMILES string of the molecule is Nc1cccc(Cc2nc(-c3ncccc3Br)no2)c1. The maximum Gasteiger partial charge on any atom is 0.231 e. The third-order valence-corrected chi connectivity index (χ3v) is 3.38. The molecule has 1 aromatic carbocycles. The van der Waals surface area contributed by atoms with E-state index >= 15 is 0 Å². The van der Waals surface area contributed by atoms with Gasteiger partial charge in [0.1, 0.15) is 5.69 Å². The molecule has 0 saturated heterocycles. The Morgan fingerprint density at radius 2 is 2.10 bits per heavy atom. The van der Waals surface area contributed by atoms with E-state index < -0.39 is 0 Å². The monoisotopic (exact) mass is 330 g/mol. The van der Waals surface area contributed by atoms with E-state index in [-0.39, 0.29) is 0 Å². The molecule has 0 aliphatic rings. The lowest BCUT2D eigenvalue weighted by atomic mass is 10.1. The van der Waals surface area contributed by atoms with Gasteiger partial charge in [-0.1, -0.05) is 17.3 Å². The molecule has 0 fully saturated rings. The van der Waals surface area contributed by atoms with Gasteiger partial charge in [-0.3, -0.25) is 4.98 Å². The van der Waals surface area contributed by atoms with Gasteiger partial charge < -0.3 is 10.3 Å². The summed E-state index contributed by atoms with van der Waals surface area (Å²) in [4.78, 5) is 8.59. The van der Waals surface area contributed by atoms with E-state index in [4.69, 9.17) is 10.3 Å². The van der Waals surface area contributed by atoms with E-state index in [1.54, 1.807) is 6.20 Å². The van der Waals surface area contributed by atoms with Crippen LogP contribution in [0.1, 0.15) is 11.5 Å². The quantitative estimate of drug-likeness (QED) is 0.746. The zero-order valence-electron chi connectivity index (χ0n) is 10.5. The van der Waals surface area contributed by atoms with Crippen molar-refractivity contribution in [2.24, 2.45) is 0 Å². The number of halogens is 1. The number of hydrogen-bond donors (Lipinski definition) is 1. The van der Waals surface area contributed by atoms with Gasteiger partial charge in [0.25, 0.3) is 0 Å². The highest BCUT2D eigenvalue weighted by atomic mass is 79.9. The summed E-state index contributed by atoms with van der Waals surface area (Å²) >= 11 is 3.42. The van der Waals surface area contributed by atoms with Gasteiger partial charge in [0.15, 0.2) is 0 Å². The van der Waals surface area contributed by atoms with Crippen molar-refractivity contribution in [2.75, 3.05) is 5.73 Å². The van der Waals surface area contributed by atoms with Gasteiger partial charge in [-0.15, -0.1) is 0 Å². The van der Waals surface area contributed by atoms with Crippen molar-refractivity contribution in [3.8, 4) is 11.5 Å². The molecule has 0 amide bonds. The molecule has 20 heavy (non-hydrogen) atoms. The van der Waals surface area contributed by atoms with Crippen LogP contribution in [0.3, 0.4) is 0 Å². The van der Waals surface area contributed by atoms with E-state index in [1.165, 1.54) is 0 Å². The highest BCUT2D eigenvalue weighted by Gasteiger charge is 2.12. The van der Waals surface area contributed by atoms with Gasteiger partial charge in [-0.25, -0.2) is 0 Å². The van der Waals surface area contributed by atoms with E-state index in [9.17, 15) is 0 Å². The fourth-order valence-electron chi connectivity index (χ4n) is 1.85. The van der Waals surface area contributed by atoms with Gasteiger partial charge in [0, 0.05) is 16.4 Å². The van der Waals surface area contributed by atoms with E-state index in [1.807, 2.05) is 36.4 Å². The molecular weight excluding hydrogens is 320 g/mol. The van der Waals surface area contributed by atoms with E-state index in [2.05, 4.69) is 31.1 Å². The van der Waals surface area contributed by atoms with Crippen molar-refractivity contribution in [3.63, 3.8) is 0 Å². The summed E-state index contributed by atoms with van der Waals surface area (Å²) < 4.78 is 6.09. The van der Waals surface area contributed by atoms with Crippen molar-refractivity contribution < 1.29 is 4.52 Å². The van der Waals surface area contributed by atoms with Crippen LogP contribution in [0.4, 0.5) is 5.69 Å². The van der Waals surface area contributed by atoms with Crippen LogP contribution in [0, 0.1) is 0 Å². The summed E-state index contributed by atoms with van der Waals surface area (Å²) in [5, 5.41) is 3.96. The van der Waals surface area contributed by atoms with Crippen LogP contribution < -0.4 is 5.73 Å². The summed E-state index contributed by atoms with van der Waals surface area (Å²) in [5.74, 6) is 1.000. The normalized spacial score (nSPS) is 10.7. The molecule has 6 heteroatoms. The first-order chi connectivity index (χ1) is 9.72. The Balaban J connectivity index is 1.86. The van der Waals surface area contributed by atoms with Gasteiger partial charge >= 0.3 is 0 Å². The first-order valence-corrected chi connectivity index (χ1v) is 6.79. The molecule has 0 radical (unpaired) electrons. The zero-order valence-corrected chi connectivity index (χ0v) is 12.0. The van der Waals surface area contributed by atoms with Crippen molar-refractivity contribution in [1.82, 2.24) is 15.1 Å². The first-order valence-electron chi connectivity index (χ1n) is 6.00. The Morgan fingerprint density at radius 1 is 1.20 bits per heavy atom. The largest absolute Gasteiger partial charge is 0.399 e. The zero-order chi connectivity index (χ0) is 13.9. The summed E-state index contributed by atoms with van der Waals surface area (Å²) in [6.07, 6.45) is 2.23. The molecule has 0 aliphatic heterocycles. The molecule has 0 saturated carbocycles. The summed E-state index contributed by atoms with van der Waals surface area (Å²) in [6, 6.07) is 11.3. The number of aromatic nitrogens is 3. The Morgan fingerprint density at radius 3 is 2.90 bits per heavy atom. The maximum atomic E-state index is 5.75. The van der Waals surface area contributed by atoms with Gasteiger partial charge in [0.05, 0.1) is 6.42 Å². The smallest absolute Gasteiger partial charge is 0.231 e. The third kappa shape index (κ3) is 2.70. The molecule has 0 spiro atoms. The minimum absolute atomic E-state index is 0.469. The predicted octanol–water partition coefficient (Wildman–Crippen LogP) is 3.07. The molecule has 2 heterocycles.